The number of thiazole rings is 1. The van der Waals surface area contributed by atoms with E-state index in [-0.39, 0.29) is 22.4 Å². The third kappa shape index (κ3) is 5.33. The van der Waals surface area contributed by atoms with Gasteiger partial charge in [0.2, 0.25) is 10.0 Å². The normalized spacial score (nSPS) is 11.0. The first kappa shape index (κ1) is 21.7. The number of carbonyl (C=O) groups excluding carboxylic acids is 1. The molecule has 1 amide bonds. The van der Waals surface area contributed by atoms with Crippen molar-refractivity contribution in [2.45, 2.75) is 6.54 Å². The lowest BCUT2D eigenvalue weighted by Crippen LogP contribution is -2.29. The predicted octanol–water partition coefficient (Wildman–Crippen LogP) is 3.83. The summed E-state index contributed by atoms with van der Waals surface area (Å²) in [5.74, 6) is -1.31. The molecule has 0 aliphatic rings. The van der Waals surface area contributed by atoms with Crippen LogP contribution in [0.25, 0.3) is 0 Å². The van der Waals surface area contributed by atoms with Gasteiger partial charge in [0.1, 0.15) is 10.2 Å². The zero-order chi connectivity index (χ0) is 21.9. The van der Waals surface area contributed by atoms with Crippen molar-refractivity contribution in [2.24, 2.45) is 0 Å². The Bertz CT molecular complexity index is 1220. The van der Waals surface area contributed by atoms with Gasteiger partial charge in [-0.3, -0.25) is 4.79 Å². The maximum atomic E-state index is 13.3. The van der Waals surface area contributed by atoms with E-state index < -0.39 is 15.9 Å². The molecule has 0 aliphatic carbocycles. The highest BCUT2D eigenvalue weighted by molar-refractivity contribution is 7.89. The highest BCUT2D eigenvalue weighted by Crippen LogP contribution is 2.36. The first-order valence-corrected chi connectivity index (χ1v) is 11.5. The first-order chi connectivity index (χ1) is 14.2. The van der Waals surface area contributed by atoms with Crippen LogP contribution in [0.3, 0.4) is 0 Å². The Morgan fingerprint density at radius 2 is 1.87 bits per heavy atom. The average Bonchev–Trinajstić information content (AvgIpc) is 3.08. The van der Waals surface area contributed by atoms with E-state index in [4.69, 9.17) is 16.9 Å². The van der Waals surface area contributed by atoms with Gasteiger partial charge in [-0.05, 0) is 42.0 Å². The van der Waals surface area contributed by atoms with Crippen molar-refractivity contribution in [1.82, 2.24) is 9.71 Å². The third-order valence-corrected chi connectivity index (χ3v) is 5.69. The lowest BCUT2D eigenvalue weighted by Gasteiger charge is -2.22. The van der Waals surface area contributed by atoms with Crippen molar-refractivity contribution in [2.75, 3.05) is 11.2 Å². The summed E-state index contributed by atoms with van der Waals surface area (Å²) < 4.78 is 37.8. The van der Waals surface area contributed by atoms with Crippen molar-refractivity contribution < 1.29 is 17.6 Å². The standard InChI is InChI=1S/C19H14ClFN4O3S2/c1-30(27,28)24-18(26)16-17(20)29-19(23-16)25(11-13-2-6-14(21)7-3-13)15-8-4-12(10-22)5-9-15/h2-9H,11H2,1H3,(H,24,26). The molecular formula is C19H14ClFN4O3S2. The van der Waals surface area contributed by atoms with Gasteiger partial charge >= 0.3 is 0 Å². The maximum absolute atomic E-state index is 13.3. The molecule has 0 spiro atoms. The first-order valence-electron chi connectivity index (χ1n) is 8.37. The summed E-state index contributed by atoms with van der Waals surface area (Å²) in [5.41, 5.74) is 1.65. The van der Waals surface area contributed by atoms with Crippen molar-refractivity contribution in [3.8, 4) is 6.07 Å². The molecule has 0 unspecified atom stereocenters. The molecule has 0 saturated carbocycles. The van der Waals surface area contributed by atoms with E-state index in [0.29, 0.717) is 16.4 Å². The van der Waals surface area contributed by atoms with Crippen molar-refractivity contribution in [1.29, 1.82) is 5.26 Å². The highest BCUT2D eigenvalue weighted by Gasteiger charge is 2.23. The number of sulfonamides is 1. The second-order valence-corrected chi connectivity index (χ2v) is 9.52. The van der Waals surface area contributed by atoms with Crippen molar-refractivity contribution >= 4 is 49.7 Å². The van der Waals surface area contributed by atoms with E-state index in [2.05, 4.69) is 4.98 Å². The number of nitriles is 1. The number of hydrogen-bond donors (Lipinski definition) is 1. The number of nitrogens with zero attached hydrogens (tertiary/aromatic N) is 3. The van der Waals surface area contributed by atoms with E-state index in [0.717, 1.165) is 23.2 Å². The number of carbonyl (C=O) groups is 1. The van der Waals surface area contributed by atoms with Gasteiger partial charge in [-0.2, -0.15) is 5.26 Å². The topological polar surface area (TPSA) is 103 Å². The lowest BCUT2D eigenvalue weighted by molar-refractivity contribution is 0.0977. The van der Waals surface area contributed by atoms with Crippen LogP contribution in [0.2, 0.25) is 4.34 Å². The molecule has 11 heteroatoms. The van der Waals surface area contributed by atoms with Gasteiger partial charge in [-0.15, -0.1) is 0 Å². The van der Waals surface area contributed by atoms with Crippen molar-refractivity contribution in [3.05, 3.63) is 75.5 Å². The molecule has 2 aromatic carbocycles. The average molecular weight is 465 g/mol. The Kier molecular flexibility index (Phi) is 6.36. The zero-order valence-corrected chi connectivity index (χ0v) is 17.9. The Labute approximate surface area is 181 Å². The van der Waals surface area contributed by atoms with Crippen LogP contribution < -0.4 is 9.62 Å². The lowest BCUT2D eigenvalue weighted by atomic mass is 10.1. The molecule has 1 aromatic heterocycles. The number of halogens is 2. The van der Waals surface area contributed by atoms with Crippen molar-refractivity contribution in [3.63, 3.8) is 0 Å². The van der Waals surface area contributed by atoms with Gasteiger partial charge in [-0.1, -0.05) is 35.1 Å². The molecule has 30 heavy (non-hydrogen) atoms. The number of aromatic nitrogens is 1. The number of anilines is 2. The molecule has 154 valence electrons. The molecule has 0 aliphatic heterocycles. The van der Waals surface area contributed by atoms with Crippen LogP contribution in [-0.2, 0) is 16.6 Å². The Morgan fingerprint density at radius 3 is 2.43 bits per heavy atom. The highest BCUT2D eigenvalue weighted by atomic mass is 35.5. The monoisotopic (exact) mass is 464 g/mol. The SMILES string of the molecule is CS(=O)(=O)NC(=O)c1nc(N(Cc2ccc(F)cc2)c2ccc(C#N)cc2)sc1Cl. The summed E-state index contributed by atoms with van der Waals surface area (Å²) in [5, 5.41) is 9.35. The summed E-state index contributed by atoms with van der Waals surface area (Å²) in [6, 6.07) is 14.6. The largest absolute Gasteiger partial charge is 0.313 e. The van der Waals surface area contributed by atoms with Gasteiger partial charge in [0.05, 0.1) is 24.4 Å². The van der Waals surface area contributed by atoms with E-state index in [1.807, 2.05) is 10.8 Å². The fourth-order valence-corrected chi connectivity index (χ4v) is 4.10. The van der Waals surface area contributed by atoms with E-state index >= 15 is 0 Å². The maximum Gasteiger partial charge on any atom is 0.285 e. The Hall–Kier alpha value is -3.00. The molecule has 0 fully saturated rings. The number of benzene rings is 2. The smallest absolute Gasteiger partial charge is 0.285 e. The summed E-state index contributed by atoms with van der Waals surface area (Å²) in [6.45, 7) is 0.267. The second kappa shape index (κ2) is 8.79. The fraction of sp³-hybridized carbons (Fsp3) is 0.105. The minimum Gasteiger partial charge on any atom is -0.313 e. The number of rotatable bonds is 6. The molecule has 0 bridgehead atoms. The van der Waals surface area contributed by atoms with Crippen LogP contribution in [0.15, 0.2) is 48.5 Å². The number of amides is 1. The molecule has 3 rings (SSSR count). The number of hydrogen-bond acceptors (Lipinski definition) is 7. The van der Waals surface area contributed by atoms with Gasteiger partial charge in [0.25, 0.3) is 5.91 Å². The molecule has 7 nitrogen and oxygen atoms in total. The quantitative estimate of drug-likeness (QED) is 0.594. The van der Waals surface area contributed by atoms with Gasteiger partial charge in [0, 0.05) is 5.69 Å². The molecule has 3 aromatic rings. The second-order valence-electron chi connectivity index (χ2n) is 6.19. The van der Waals surface area contributed by atoms with E-state index in [9.17, 15) is 17.6 Å². The minimum atomic E-state index is -3.79. The molecule has 1 N–H and O–H groups in total. The van der Waals surface area contributed by atoms with Gasteiger partial charge in [-0.25, -0.2) is 22.5 Å². The molecular weight excluding hydrogens is 451 g/mol. The van der Waals surface area contributed by atoms with Crippen LogP contribution in [-0.4, -0.2) is 25.6 Å². The number of nitrogens with one attached hydrogen (secondary N) is 1. The summed E-state index contributed by atoms with van der Waals surface area (Å²) in [4.78, 5) is 18.2. The van der Waals surface area contributed by atoms with E-state index in [1.54, 1.807) is 41.3 Å². The van der Waals surface area contributed by atoms with Crippen LogP contribution in [0, 0.1) is 17.1 Å². The van der Waals surface area contributed by atoms with Crippen LogP contribution in [0.1, 0.15) is 21.6 Å². The Balaban J connectivity index is 2.01. The molecule has 1 heterocycles. The Morgan fingerprint density at radius 1 is 1.23 bits per heavy atom. The molecule has 0 atom stereocenters. The zero-order valence-electron chi connectivity index (χ0n) is 15.5. The summed E-state index contributed by atoms with van der Waals surface area (Å²) in [6.07, 6.45) is 0.851. The van der Waals surface area contributed by atoms with Gasteiger partial charge < -0.3 is 4.90 Å². The van der Waals surface area contributed by atoms with E-state index in [1.165, 1.54) is 12.1 Å². The molecule has 0 radical (unpaired) electrons. The summed E-state index contributed by atoms with van der Waals surface area (Å²) >= 11 is 7.14. The molecule has 0 saturated heterocycles. The van der Waals surface area contributed by atoms with Crippen LogP contribution in [0.4, 0.5) is 15.2 Å². The minimum absolute atomic E-state index is 0.0175. The predicted molar refractivity (Wildman–Crippen MR) is 113 cm³/mol. The fourth-order valence-electron chi connectivity index (χ4n) is 2.52. The van der Waals surface area contributed by atoms with Gasteiger partial charge in [0.15, 0.2) is 10.8 Å². The van der Waals surface area contributed by atoms with Crippen LogP contribution in [0.5, 0.6) is 0 Å². The van der Waals surface area contributed by atoms with Crippen LogP contribution >= 0.6 is 22.9 Å². The summed E-state index contributed by atoms with van der Waals surface area (Å²) in [7, 11) is -3.79. The third-order valence-electron chi connectivity index (χ3n) is 3.86.